The molecule has 2 aromatic carbocycles. The van der Waals surface area contributed by atoms with Gasteiger partial charge in [-0.05, 0) is 42.0 Å². The molecule has 190 valence electrons. The lowest BCUT2D eigenvalue weighted by Crippen LogP contribution is -2.54. The number of benzene rings is 2. The first-order valence-corrected chi connectivity index (χ1v) is 13.1. The number of amides is 2. The Labute approximate surface area is 215 Å². The van der Waals surface area contributed by atoms with Gasteiger partial charge in [0.25, 0.3) is 0 Å². The summed E-state index contributed by atoms with van der Waals surface area (Å²) in [5, 5.41) is 16.1. The molecule has 0 radical (unpaired) electrons. The van der Waals surface area contributed by atoms with Crippen LogP contribution in [0.15, 0.2) is 54.6 Å². The van der Waals surface area contributed by atoms with Crippen LogP contribution in [0.1, 0.15) is 50.7 Å². The lowest BCUT2D eigenvalue weighted by atomic mass is 10.0. The van der Waals surface area contributed by atoms with Crippen LogP contribution in [0.3, 0.4) is 0 Å². The second-order valence-electron chi connectivity index (χ2n) is 8.81. The molecule has 2 aromatic rings. The van der Waals surface area contributed by atoms with E-state index in [2.05, 4.69) is 26.6 Å². The fourth-order valence-corrected chi connectivity index (χ4v) is 3.89. The normalized spacial score (nSPS) is 12.6. The third-order valence-corrected chi connectivity index (χ3v) is 6.06. The van der Waals surface area contributed by atoms with E-state index >= 15 is 0 Å². The summed E-state index contributed by atoms with van der Waals surface area (Å²) >= 11 is 3.38. The van der Waals surface area contributed by atoms with Crippen LogP contribution < -0.4 is 10.6 Å². The van der Waals surface area contributed by atoms with Crippen molar-refractivity contribution < 1.29 is 24.2 Å². The summed E-state index contributed by atoms with van der Waals surface area (Å²) in [7, 11) is 0. The molecule has 0 aliphatic heterocycles. The van der Waals surface area contributed by atoms with Crippen LogP contribution in [-0.2, 0) is 32.1 Å². The van der Waals surface area contributed by atoms with Crippen LogP contribution in [0.2, 0.25) is 0 Å². The maximum atomic E-state index is 13.2. The van der Waals surface area contributed by atoms with Crippen molar-refractivity contribution in [3.8, 4) is 5.75 Å². The van der Waals surface area contributed by atoms with Gasteiger partial charge in [0, 0.05) is 18.2 Å². The third kappa shape index (κ3) is 10.5. The number of phenolic OH excluding ortho intramolecular Hbond substituents is 1. The smallest absolute Gasteiger partial charge is 0.329 e. The van der Waals surface area contributed by atoms with Gasteiger partial charge in [-0.25, -0.2) is 4.79 Å². The molecule has 2 amide bonds. The van der Waals surface area contributed by atoms with Gasteiger partial charge >= 0.3 is 5.97 Å². The fourth-order valence-electron chi connectivity index (χ4n) is 3.49. The fraction of sp³-hybridized carbons (Fsp3) is 0.444. The van der Waals surface area contributed by atoms with Gasteiger partial charge in [0.2, 0.25) is 11.8 Å². The van der Waals surface area contributed by atoms with E-state index in [-0.39, 0.29) is 30.6 Å². The number of hydrogen-bond acceptors (Lipinski definition) is 5. The number of rotatable bonds is 14. The molecule has 0 heterocycles. The topological polar surface area (TPSA) is 105 Å². The van der Waals surface area contributed by atoms with E-state index in [9.17, 15) is 19.5 Å². The highest BCUT2D eigenvalue weighted by Gasteiger charge is 2.29. The Bertz CT molecular complexity index is 934. The second-order valence-corrected chi connectivity index (χ2v) is 9.61. The third-order valence-electron chi connectivity index (χ3n) is 5.50. The van der Waals surface area contributed by atoms with Gasteiger partial charge in [-0.3, -0.25) is 9.59 Å². The maximum Gasteiger partial charge on any atom is 0.329 e. The molecule has 0 aliphatic carbocycles. The molecule has 35 heavy (non-hydrogen) atoms. The van der Waals surface area contributed by atoms with Gasteiger partial charge in [0.15, 0.2) is 0 Å². The van der Waals surface area contributed by atoms with E-state index in [1.54, 1.807) is 12.1 Å². The molecule has 0 fully saturated rings. The van der Waals surface area contributed by atoms with Crippen LogP contribution >= 0.6 is 15.9 Å². The van der Waals surface area contributed by atoms with Crippen LogP contribution in [0.4, 0.5) is 0 Å². The SMILES string of the molecule is CC(C)[C@H](NC(=O)CCCCCBr)C(=O)N[C@@H](Cc1ccc(O)cc1)C(=O)OCc1ccccc1. The number of unbranched alkanes of at least 4 members (excludes halogenated alkanes) is 2. The van der Waals surface area contributed by atoms with Crippen LogP contribution in [0.25, 0.3) is 0 Å². The maximum absolute atomic E-state index is 13.2. The molecule has 3 N–H and O–H groups in total. The van der Waals surface area contributed by atoms with Gasteiger partial charge in [0.1, 0.15) is 24.4 Å². The minimum atomic E-state index is -0.951. The largest absolute Gasteiger partial charge is 0.508 e. The zero-order chi connectivity index (χ0) is 25.6. The molecule has 8 heteroatoms. The average Bonchev–Trinajstić information content (AvgIpc) is 2.85. The predicted octanol–water partition coefficient (Wildman–Crippen LogP) is 4.26. The Balaban J connectivity index is 2.07. The Morgan fingerprint density at radius 3 is 2.23 bits per heavy atom. The second kappa shape index (κ2) is 15.2. The van der Waals surface area contributed by atoms with Crippen molar-refractivity contribution in [2.75, 3.05) is 5.33 Å². The zero-order valence-electron chi connectivity index (χ0n) is 20.3. The molecule has 0 saturated heterocycles. The molecule has 0 spiro atoms. The van der Waals surface area contributed by atoms with Gasteiger partial charge in [-0.15, -0.1) is 0 Å². The van der Waals surface area contributed by atoms with Crippen molar-refractivity contribution in [1.29, 1.82) is 0 Å². The molecular weight excluding hydrogens is 512 g/mol. The van der Waals surface area contributed by atoms with Crippen molar-refractivity contribution in [2.24, 2.45) is 5.92 Å². The van der Waals surface area contributed by atoms with Crippen molar-refractivity contribution in [1.82, 2.24) is 10.6 Å². The molecule has 0 aromatic heterocycles. The highest BCUT2D eigenvalue weighted by Crippen LogP contribution is 2.13. The Kier molecular flexibility index (Phi) is 12.3. The molecule has 2 atom stereocenters. The van der Waals surface area contributed by atoms with E-state index < -0.39 is 24.0 Å². The number of esters is 1. The van der Waals surface area contributed by atoms with Crippen LogP contribution in [-0.4, -0.2) is 40.3 Å². The number of ether oxygens (including phenoxy) is 1. The van der Waals surface area contributed by atoms with Crippen molar-refractivity contribution in [3.05, 3.63) is 65.7 Å². The lowest BCUT2D eigenvalue weighted by molar-refractivity contribution is -0.149. The Morgan fingerprint density at radius 2 is 1.60 bits per heavy atom. The Hall–Kier alpha value is -2.87. The van der Waals surface area contributed by atoms with Gasteiger partial charge < -0.3 is 20.5 Å². The lowest BCUT2D eigenvalue weighted by Gasteiger charge is -2.25. The summed E-state index contributed by atoms with van der Waals surface area (Å²) in [4.78, 5) is 38.5. The summed E-state index contributed by atoms with van der Waals surface area (Å²) in [5.41, 5.74) is 1.59. The molecule has 0 aliphatic rings. The summed E-state index contributed by atoms with van der Waals surface area (Å²) in [6.07, 6.45) is 3.20. The summed E-state index contributed by atoms with van der Waals surface area (Å²) in [5.74, 6) is -1.25. The highest BCUT2D eigenvalue weighted by molar-refractivity contribution is 9.09. The number of nitrogens with one attached hydrogen (secondary N) is 2. The average molecular weight is 547 g/mol. The van der Waals surface area contributed by atoms with E-state index in [1.807, 2.05) is 44.2 Å². The van der Waals surface area contributed by atoms with E-state index in [1.165, 1.54) is 12.1 Å². The van der Waals surface area contributed by atoms with Crippen molar-refractivity contribution >= 4 is 33.7 Å². The van der Waals surface area contributed by atoms with Gasteiger partial charge in [0.05, 0.1) is 0 Å². The summed E-state index contributed by atoms with van der Waals surface area (Å²) in [6, 6.07) is 14.0. The number of phenols is 1. The van der Waals surface area contributed by atoms with Crippen LogP contribution in [0, 0.1) is 5.92 Å². The first-order chi connectivity index (χ1) is 16.8. The number of halogens is 1. The minimum Gasteiger partial charge on any atom is -0.508 e. The number of alkyl halides is 1. The number of aromatic hydroxyl groups is 1. The number of carbonyl (C=O) groups excluding carboxylic acids is 3. The summed E-state index contributed by atoms with van der Waals surface area (Å²) in [6.45, 7) is 3.77. The van der Waals surface area contributed by atoms with Gasteiger partial charge in [-0.2, -0.15) is 0 Å². The molecule has 7 nitrogen and oxygen atoms in total. The van der Waals surface area contributed by atoms with E-state index in [0.29, 0.717) is 6.42 Å². The first kappa shape index (κ1) is 28.4. The molecule has 0 bridgehead atoms. The van der Waals surface area contributed by atoms with Crippen LogP contribution in [0.5, 0.6) is 5.75 Å². The molecule has 2 rings (SSSR count). The van der Waals surface area contributed by atoms with Crippen molar-refractivity contribution in [3.63, 3.8) is 0 Å². The number of carbonyl (C=O) groups is 3. The van der Waals surface area contributed by atoms with Gasteiger partial charge in [-0.1, -0.05) is 78.7 Å². The first-order valence-electron chi connectivity index (χ1n) is 11.9. The van der Waals surface area contributed by atoms with Crippen molar-refractivity contribution in [2.45, 2.75) is 64.6 Å². The predicted molar refractivity (Wildman–Crippen MR) is 139 cm³/mol. The monoisotopic (exact) mass is 546 g/mol. The van der Waals surface area contributed by atoms with E-state index in [4.69, 9.17) is 4.74 Å². The standard InChI is InChI=1S/C27H35BrN2O5/c1-19(2)25(30-24(32)11-7-4-8-16-28)26(33)29-23(17-20-12-14-22(31)15-13-20)27(34)35-18-21-9-5-3-6-10-21/h3,5-6,9-10,12-15,19,23,25,31H,4,7-8,11,16-18H2,1-2H3,(H,29,33)(H,30,32)/t23-,25-/m0/s1. The Morgan fingerprint density at radius 1 is 0.914 bits per heavy atom. The molecular formula is C27H35BrN2O5. The number of hydrogen-bond donors (Lipinski definition) is 3. The quantitative estimate of drug-likeness (QED) is 0.186. The molecule has 0 saturated carbocycles. The minimum absolute atomic E-state index is 0.0837. The highest BCUT2D eigenvalue weighted by atomic mass is 79.9. The zero-order valence-corrected chi connectivity index (χ0v) is 21.9. The molecule has 0 unspecified atom stereocenters. The summed E-state index contributed by atoms with van der Waals surface area (Å²) < 4.78 is 5.49. The van der Waals surface area contributed by atoms with E-state index in [0.717, 1.165) is 35.7 Å².